The SMILES string of the molecule is CCNC(=NCc1cc(C(C)C)no1)NCCc1cccc(C(=O)NC)c1. The molecule has 7 heteroatoms. The van der Waals surface area contributed by atoms with E-state index in [2.05, 4.69) is 39.9 Å². The predicted octanol–water partition coefficient (Wildman–Crippen LogP) is 2.46. The molecule has 7 nitrogen and oxygen atoms in total. The lowest BCUT2D eigenvalue weighted by atomic mass is 10.1. The first kappa shape index (κ1) is 20.5. The Bertz CT molecular complexity index is 767. The van der Waals surface area contributed by atoms with E-state index in [-0.39, 0.29) is 5.91 Å². The minimum absolute atomic E-state index is 0.0764. The summed E-state index contributed by atoms with van der Waals surface area (Å²) in [6.07, 6.45) is 0.787. The molecule has 0 saturated heterocycles. The Hall–Kier alpha value is -2.83. The maximum absolute atomic E-state index is 11.7. The van der Waals surface area contributed by atoms with Crippen LogP contribution in [0, 0.1) is 0 Å². The largest absolute Gasteiger partial charge is 0.359 e. The molecule has 1 aromatic heterocycles. The van der Waals surface area contributed by atoms with E-state index < -0.39 is 0 Å². The first-order chi connectivity index (χ1) is 13.0. The monoisotopic (exact) mass is 371 g/mol. The Morgan fingerprint density at radius 1 is 1.26 bits per heavy atom. The summed E-state index contributed by atoms with van der Waals surface area (Å²) >= 11 is 0. The van der Waals surface area contributed by atoms with Crippen molar-refractivity contribution in [1.82, 2.24) is 21.1 Å². The Balaban J connectivity index is 1.91. The minimum Gasteiger partial charge on any atom is -0.359 e. The zero-order chi connectivity index (χ0) is 19.6. The quantitative estimate of drug-likeness (QED) is 0.490. The summed E-state index contributed by atoms with van der Waals surface area (Å²) in [6.45, 7) is 8.09. The average Bonchev–Trinajstić information content (AvgIpc) is 3.15. The summed E-state index contributed by atoms with van der Waals surface area (Å²) in [6, 6.07) is 9.58. The smallest absolute Gasteiger partial charge is 0.251 e. The normalized spacial score (nSPS) is 11.5. The summed E-state index contributed by atoms with van der Waals surface area (Å²) in [5.74, 6) is 1.73. The van der Waals surface area contributed by atoms with Crippen LogP contribution in [-0.2, 0) is 13.0 Å². The van der Waals surface area contributed by atoms with E-state index in [1.54, 1.807) is 7.05 Å². The molecule has 0 aliphatic heterocycles. The molecule has 2 aromatic rings. The third kappa shape index (κ3) is 6.44. The highest BCUT2D eigenvalue weighted by atomic mass is 16.5. The average molecular weight is 371 g/mol. The molecule has 1 aromatic carbocycles. The second-order valence-electron chi connectivity index (χ2n) is 6.52. The van der Waals surface area contributed by atoms with E-state index >= 15 is 0 Å². The standard InChI is InChI=1S/C20H29N5O2/c1-5-22-20(24-13-17-12-18(14(2)3)25-27-17)23-10-9-15-7-6-8-16(11-15)19(26)21-4/h6-8,11-12,14H,5,9-10,13H2,1-4H3,(H,21,26)(H2,22,23,24). The first-order valence-electron chi connectivity index (χ1n) is 9.32. The van der Waals surface area contributed by atoms with Gasteiger partial charge >= 0.3 is 0 Å². The van der Waals surface area contributed by atoms with Crippen molar-refractivity contribution in [3.8, 4) is 0 Å². The van der Waals surface area contributed by atoms with Crippen LogP contribution < -0.4 is 16.0 Å². The molecule has 0 bridgehead atoms. The van der Waals surface area contributed by atoms with Crippen molar-refractivity contribution in [2.75, 3.05) is 20.1 Å². The number of benzene rings is 1. The Labute approximate surface area is 160 Å². The summed E-state index contributed by atoms with van der Waals surface area (Å²) in [5.41, 5.74) is 2.70. The molecule has 0 aliphatic carbocycles. The van der Waals surface area contributed by atoms with Crippen LogP contribution in [0.5, 0.6) is 0 Å². The highest BCUT2D eigenvalue weighted by Crippen LogP contribution is 2.14. The number of carbonyl (C=O) groups is 1. The second kappa shape index (κ2) is 10.4. The zero-order valence-electron chi connectivity index (χ0n) is 16.5. The lowest BCUT2D eigenvalue weighted by Crippen LogP contribution is -2.38. The maximum atomic E-state index is 11.7. The molecular formula is C20H29N5O2. The fourth-order valence-corrected chi connectivity index (χ4v) is 2.51. The van der Waals surface area contributed by atoms with Gasteiger partial charge in [-0.3, -0.25) is 4.79 Å². The fourth-order valence-electron chi connectivity index (χ4n) is 2.51. The molecule has 1 heterocycles. The van der Waals surface area contributed by atoms with Crippen molar-refractivity contribution in [1.29, 1.82) is 0 Å². The first-order valence-corrected chi connectivity index (χ1v) is 9.32. The number of nitrogens with zero attached hydrogens (tertiary/aromatic N) is 2. The van der Waals surface area contributed by atoms with E-state index in [0.717, 1.165) is 35.9 Å². The van der Waals surface area contributed by atoms with Crippen molar-refractivity contribution in [3.63, 3.8) is 0 Å². The summed E-state index contributed by atoms with van der Waals surface area (Å²) in [4.78, 5) is 16.3. The number of hydrogen-bond donors (Lipinski definition) is 3. The van der Waals surface area contributed by atoms with Crippen LogP contribution in [0.1, 0.15) is 54.1 Å². The summed E-state index contributed by atoms with van der Waals surface area (Å²) in [7, 11) is 1.63. The maximum Gasteiger partial charge on any atom is 0.251 e. The Kier molecular flexibility index (Phi) is 7.85. The number of aliphatic imine (C=N–C) groups is 1. The van der Waals surface area contributed by atoms with Crippen molar-refractivity contribution in [2.24, 2.45) is 4.99 Å². The second-order valence-corrected chi connectivity index (χ2v) is 6.52. The van der Waals surface area contributed by atoms with Gasteiger partial charge in [0.2, 0.25) is 0 Å². The van der Waals surface area contributed by atoms with Gasteiger partial charge in [-0.05, 0) is 37.0 Å². The van der Waals surface area contributed by atoms with Crippen LogP contribution in [0.2, 0.25) is 0 Å². The number of aromatic nitrogens is 1. The van der Waals surface area contributed by atoms with Gasteiger partial charge in [0.15, 0.2) is 11.7 Å². The fraction of sp³-hybridized carbons (Fsp3) is 0.450. The van der Waals surface area contributed by atoms with E-state index in [4.69, 9.17) is 4.52 Å². The molecule has 0 radical (unpaired) electrons. The highest BCUT2D eigenvalue weighted by molar-refractivity contribution is 5.94. The van der Waals surface area contributed by atoms with Gasteiger partial charge in [0.25, 0.3) is 5.91 Å². The van der Waals surface area contributed by atoms with Crippen LogP contribution in [0.4, 0.5) is 0 Å². The molecule has 0 unspecified atom stereocenters. The molecule has 0 spiro atoms. The molecule has 0 fully saturated rings. The number of guanidine groups is 1. The van der Waals surface area contributed by atoms with E-state index in [1.165, 1.54) is 0 Å². The Morgan fingerprint density at radius 3 is 2.74 bits per heavy atom. The molecule has 0 atom stereocenters. The molecule has 3 N–H and O–H groups in total. The van der Waals surface area contributed by atoms with Gasteiger partial charge in [-0.15, -0.1) is 0 Å². The van der Waals surface area contributed by atoms with Crippen LogP contribution in [-0.4, -0.2) is 37.2 Å². The molecule has 27 heavy (non-hydrogen) atoms. The van der Waals surface area contributed by atoms with Crippen molar-refractivity contribution in [3.05, 3.63) is 52.9 Å². The van der Waals surface area contributed by atoms with Crippen molar-refractivity contribution >= 4 is 11.9 Å². The number of carbonyl (C=O) groups excluding carboxylic acids is 1. The van der Waals surface area contributed by atoms with Gasteiger partial charge in [-0.1, -0.05) is 31.1 Å². The number of rotatable bonds is 8. The number of hydrogen-bond acceptors (Lipinski definition) is 4. The molecule has 1 amide bonds. The number of amides is 1. The van der Waals surface area contributed by atoms with E-state index in [0.29, 0.717) is 24.6 Å². The Morgan fingerprint density at radius 2 is 2.07 bits per heavy atom. The topological polar surface area (TPSA) is 91.6 Å². The molecular weight excluding hydrogens is 342 g/mol. The van der Waals surface area contributed by atoms with Gasteiger partial charge in [-0.25, -0.2) is 4.99 Å². The van der Waals surface area contributed by atoms with E-state index in [1.807, 2.05) is 37.3 Å². The minimum atomic E-state index is -0.0764. The summed E-state index contributed by atoms with van der Waals surface area (Å²) < 4.78 is 5.32. The molecule has 2 rings (SSSR count). The van der Waals surface area contributed by atoms with Gasteiger partial charge < -0.3 is 20.5 Å². The molecule has 0 aliphatic rings. The van der Waals surface area contributed by atoms with Crippen LogP contribution in [0.15, 0.2) is 39.8 Å². The number of nitrogens with one attached hydrogen (secondary N) is 3. The molecule has 0 saturated carbocycles. The van der Waals surface area contributed by atoms with Crippen LogP contribution in [0.25, 0.3) is 0 Å². The predicted molar refractivity (Wildman–Crippen MR) is 107 cm³/mol. The van der Waals surface area contributed by atoms with Crippen molar-refractivity contribution < 1.29 is 9.32 Å². The zero-order valence-corrected chi connectivity index (χ0v) is 16.5. The van der Waals surface area contributed by atoms with E-state index in [9.17, 15) is 4.79 Å². The van der Waals surface area contributed by atoms with Gasteiger partial charge in [0.1, 0.15) is 6.54 Å². The third-order valence-corrected chi connectivity index (χ3v) is 4.03. The highest BCUT2D eigenvalue weighted by Gasteiger charge is 2.08. The van der Waals surface area contributed by atoms with Gasteiger partial charge in [0.05, 0.1) is 5.69 Å². The lowest BCUT2D eigenvalue weighted by molar-refractivity contribution is 0.0963. The van der Waals surface area contributed by atoms with Gasteiger partial charge in [0, 0.05) is 31.8 Å². The lowest BCUT2D eigenvalue weighted by Gasteiger charge is -2.11. The van der Waals surface area contributed by atoms with Crippen LogP contribution >= 0.6 is 0 Å². The van der Waals surface area contributed by atoms with Crippen LogP contribution in [0.3, 0.4) is 0 Å². The summed E-state index contributed by atoms with van der Waals surface area (Å²) in [5, 5.41) is 13.2. The third-order valence-electron chi connectivity index (χ3n) is 4.03. The molecule has 146 valence electrons. The van der Waals surface area contributed by atoms with Gasteiger partial charge in [-0.2, -0.15) is 0 Å². The van der Waals surface area contributed by atoms with Crippen molar-refractivity contribution in [2.45, 2.75) is 39.7 Å².